The van der Waals surface area contributed by atoms with Crippen molar-refractivity contribution in [2.45, 2.75) is 6.92 Å². The Morgan fingerprint density at radius 2 is 2.40 bits per heavy atom. The molecule has 1 aromatic rings. The molecule has 0 spiro atoms. The van der Waals surface area contributed by atoms with Crippen molar-refractivity contribution in [3.63, 3.8) is 0 Å². The lowest BCUT2D eigenvalue weighted by Gasteiger charge is -2.38. The number of amides is 1. The Hall–Kier alpha value is -1.42. The average Bonchev–Trinajstić information content (AvgIpc) is 2.16. The summed E-state index contributed by atoms with van der Waals surface area (Å²) in [6.07, 6.45) is 1.67. The molecule has 2 heterocycles. The number of aromatic nitrogens is 1. The molecule has 1 fully saturated rings. The molecule has 0 unspecified atom stereocenters. The van der Waals surface area contributed by atoms with Gasteiger partial charge in [0.1, 0.15) is 0 Å². The number of hydrogen-bond donors (Lipinski definition) is 1. The largest absolute Gasteiger partial charge is 0.338 e. The predicted molar refractivity (Wildman–Crippen MR) is 57.4 cm³/mol. The molecule has 4 heteroatoms. The minimum atomic E-state index is 0.0881. The van der Waals surface area contributed by atoms with Crippen LogP contribution in [0.4, 0.5) is 0 Å². The van der Waals surface area contributed by atoms with Crippen LogP contribution in [0.2, 0.25) is 0 Å². The van der Waals surface area contributed by atoms with Crippen LogP contribution in [0.3, 0.4) is 0 Å². The Balaban J connectivity index is 2.03. The molecule has 0 radical (unpaired) electrons. The van der Waals surface area contributed by atoms with Crippen LogP contribution in [0.5, 0.6) is 0 Å². The average molecular weight is 205 g/mol. The van der Waals surface area contributed by atoms with Gasteiger partial charge in [0.05, 0.1) is 0 Å². The monoisotopic (exact) mass is 205 g/mol. The summed E-state index contributed by atoms with van der Waals surface area (Å²) in [6, 6.07) is 3.57. The Kier molecular flexibility index (Phi) is 2.68. The second-order valence-electron chi connectivity index (χ2n) is 4.00. The predicted octanol–water partition coefficient (Wildman–Crippen LogP) is 0.421. The summed E-state index contributed by atoms with van der Waals surface area (Å²) in [5.74, 6) is 0.571. The van der Waals surface area contributed by atoms with Gasteiger partial charge in [-0.3, -0.25) is 9.78 Å². The summed E-state index contributed by atoms with van der Waals surface area (Å²) >= 11 is 0. The zero-order valence-electron chi connectivity index (χ0n) is 8.81. The van der Waals surface area contributed by atoms with E-state index in [0.717, 1.165) is 24.3 Å². The van der Waals surface area contributed by atoms with Gasteiger partial charge in [0.2, 0.25) is 0 Å². The van der Waals surface area contributed by atoms with Crippen LogP contribution in [0, 0.1) is 12.8 Å². The van der Waals surface area contributed by atoms with E-state index < -0.39 is 0 Å². The van der Waals surface area contributed by atoms with Crippen molar-refractivity contribution in [1.29, 1.82) is 0 Å². The number of pyridine rings is 1. The van der Waals surface area contributed by atoms with E-state index in [0.29, 0.717) is 12.5 Å². The molecule has 4 nitrogen and oxygen atoms in total. The van der Waals surface area contributed by atoms with Crippen molar-refractivity contribution in [2.75, 3.05) is 19.6 Å². The van der Waals surface area contributed by atoms with Gasteiger partial charge in [0, 0.05) is 36.5 Å². The van der Waals surface area contributed by atoms with Gasteiger partial charge in [-0.1, -0.05) is 0 Å². The fourth-order valence-corrected chi connectivity index (χ4v) is 1.75. The maximum Gasteiger partial charge on any atom is 0.253 e. The molecule has 2 rings (SSSR count). The smallest absolute Gasteiger partial charge is 0.253 e. The third-order valence-corrected chi connectivity index (χ3v) is 2.72. The van der Waals surface area contributed by atoms with Crippen LogP contribution in [0.1, 0.15) is 16.1 Å². The van der Waals surface area contributed by atoms with E-state index in [1.807, 2.05) is 17.9 Å². The lowest BCUT2D eigenvalue weighted by molar-refractivity contribution is 0.0515. The molecule has 80 valence electrons. The molecule has 15 heavy (non-hydrogen) atoms. The van der Waals surface area contributed by atoms with Crippen molar-refractivity contribution >= 4 is 5.91 Å². The lowest BCUT2D eigenvalue weighted by atomic mass is 9.99. The number of nitrogens with zero attached hydrogens (tertiary/aromatic N) is 2. The first-order chi connectivity index (χ1) is 7.20. The molecule has 0 saturated carbocycles. The quantitative estimate of drug-likeness (QED) is 0.761. The van der Waals surface area contributed by atoms with Crippen LogP contribution in [-0.2, 0) is 0 Å². The van der Waals surface area contributed by atoms with Gasteiger partial charge in [-0.25, -0.2) is 0 Å². The summed E-state index contributed by atoms with van der Waals surface area (Å²) in [5, 5.41) is 0. The summed E-state index contributed by atoms with van der Waals surface area (Å²) in [6.45, 7) is 4.13. The standard InChI is InChI=1S/C11H15N3O/c1-8-4-10(2-3-13-8)11(15)14-6-9(5-12)7-14/h2-4,9H,5-7,12H2,1H3. The molecule has 0 bridgehead atoms. The third-order valence-electron chi connectivity index (χ3n) is 2.72. The fourth-order valence-electron chi connectivity index (χ4n) is 1.75. The van der Waals surface area contributed by atoms with Gasteiger partial charge in [0.25, 0.3) is 5.91 Å². The van der Waals surface area contributed by atoms with Crippen LogP contribution in [-0.4, -0.2) is 35.4 Å². The highest BCUT2D eigenvalue weighted by Crippen LogP contribution is 2.17. The van der Waals surface area contributed by atoms with E-state index >= 15 is 0 Å². The van der Waals surface area contributed by atoms with Crippen molar-refractivity contribution in [2.24, 2.45) is 11.7 Å². The topological polar surface area (TPSA) is 59.2 Å². The minimum Gasteiger partial charge on any atom is -0.338 e. The molecule has 0 aliphatic carbocycles. The first-order valence-corrected chi connectivity index (χ1v) is 5.12. The number of carbonyl (C=O) groups is 1. The summed E-state index contributed by atoms with van der Waals surface area (Å²) in [5.41, 5.74) is 7.10. The number of hydrogen-bond acceptors (Lipinski definition) is 3. The number of carbonyl (C=O) groups excluding carboxylic acids is 1. The summed E-state index contributed by atoms with van der Waals surface area (Å²) < 4.78 is 0. The lowest BCUT2D eigenvalue weighted by Crippen LogP contribution is -2.52. The first kappa shape index (κ1) is 10.1. The molecular formula is C11H15N3O. The van der Waals surface area contributed by atoms with Gasteiger partial charge in [0.15, 0.2) is 0 Å². The van der Waals surface area contributed by atoms with Crippen molar-refractivity contribution in [3.8, 4) is 0 Å². The Bertz CT molecular complexity index is 372. The van der Waals surface area contributed by atoms with E-state index in [-0.39, 0.29) is 5.91 Å². The van der Waals surface area contributed by atoms with E-state index in [2.05, 4.69) is 4.98 Å². The molecule has 2 N–H and O–H groups in total. The van der Waals surface area contributed by atoms with E-state index in [9.17, 15) is 4.79 Å². The zero-order valence-corrected chi connectivity index (χ0v) is 8.81. The van der Waals surface area contributed by atoms with Crippen LogP contribution < -0.4 is 5.73 Å². The van der Waals surface area contributed by atoms with Crippen molar-refractivity contribution in [1.82, 2.24) is 9.88 Å². The van der Waals surface area contributed by atoms with Crippen LogP contribution in [0.15, 0.2) is 18.3 Å². The molecule has 0 atom stereocenters. The van der Waals surface area contributed by atoms with Gasteiger partial charge in [-0.05, 0) is 25.6 Å². The molecule has 1 aliphatic heterocycles. The molecule has 1 aliphatic rings. The summed E-state index contributed by atoms with van der Waals surface area (Å²) in [7, 11) is 0. The highest BCUT2D eigenvalue weighted by molar-refractivity contribution is 5.94. The van der Waals surface area contributed by atoms with E-state index in [1.54, 1.807) is 12.3 Å². The van der Waals surface area contributed by atoms with Gasteiger partial charge >= 0.3 is 0 Å². The Morgan fingerprint density at radius 1 is 1.67 bits per heavy atom. The molecule has 1 aromatic heterocycles. The SMILES string of the molecule is Cc1cc(C(=O)N2CC(CN)C2)ccn1. The minimum absolute atomic E-state index is 0.0881. The molecule has 1 saturated heterocycles. The van der Waals surface area contributed by atoms with Gasteiger partial charge < -0.3 is 10.6 Å². The van der Waals surface area contributed by atoms with Crippen LogP contribution >= 0.6 is 0 Å². The Morgan fingerprint density at radius 3 is 3.00 bits per heavy atom. The number of likely N-dealkylation sites (tertiary alicyclic amines) is 1. The second-order valence-corrected chi connectivity index (χ2v) is 4.00. The highest BCUT2D eigenvalue weighted by Gasteiger charge is 2.29. The van der Waals surface area contributed by atoms with Gasteiger partial charge in [-0.15, -0.1) is 0 Å². The number of nitrogens with two attached hydrogens (primary N) is 1. The van der Waals surface area contributed by atoms with Crippen LogP contribution in [0.25, 0.3) is 0 Å². The third kappa shape index (κ3) is 1.99. The Labute approximate surface area is 89.1 Å². The first-order valence-electron chi connectivity index (χ1n) is 5.12. The molecule has 0 aromatic carbocycles. The van der Waals surface area contributed by atoms with Gasteiger partial charge in [-0.2, -0.15) is 0 Å². The maximum absolute atomic E-state index is 11.9. The molecular weight excluding hydrogens is 190 g/mol. The zero-order chi connectivity index (χ0) is 10.8. The second kappa shape index (κ2) is 3.98. The maximum atomic E-state index is 11.9. The van der Waals surface area contributed by atoms with E-state index in [4.69, 9.17) is 5.73 Å². The highest BCUT2D eigenvalue weighted by atomic mass is 16.2. The molecule has 1 amide bonds. The normalized spacial score (nSPS) is 16.3. The number of rotatable bonds is 2. The summed E-state index contributed by atoms with van der Waals surface area (Å²) in [4.78, 5) is 17.8. The van der Waals surface area contributed by atoms with Crippen molar-refractivity contribution in [3.05, 3.63) is 29.6 Å². The van der Waals surface area contributed by atoms with Crippen molar-refractivity contribution < 1.29 is 4.79 Å². The fraction of sp³-hybridized carbons (Fsp3) is 0.455. The number of aryl methyl sites for hydroxylation is 1. The van der Waals surface area contributed by atoms with E-state index in [1.165, 1.54) is 0 Å².